The van der Waals surface area contributed by atoms with E-state index in [9.17, 15) is 4.79 Å². The number of nitrogens with zero attached hydrogens (tertiary/aromatic N) is 2. The average Bonchev–Trinajstić information content (AvgIpc) is 2.44. The molecule has 0 saturated heterocycles. The third-order valence-corrected chi connectivity index (χ3v) is 2.87. The predicted octanol–water partition coefficient (Wildman–Crippen LogP) is 3.11. The lowest BCUT2D eigenvalue weighted by Crippen LogP contribution is -2.40. The number of benzene rings is 1. The molecule has 1 aromatic rings. The van der Waals surface area contributed by atoms with Gasteiger partial charge < -0.3 is 4.74 Å². The number of aliphatic imine (C=N–C) groups is 1. The van der Waals surface area contributed by atoms with E-state index < -0.39 is 0 Å². The van der Waals surface area contributed by atoms with Crippen molar-refractivity contribution in [1.29, 1.82) is 0 Å². The summed E-state index contributed by atoms with van der Waals surface area (Å²) in [5.41, 5.74) is 0.851. The molecule has 1 rings (SSSR count). The summed E-state index contributed by atoms with van der Waals surface area (Å²) in [6, 6.07) is 7.56. The fourth-order valence-electron chi connectivity index (χ4n) is 1.96. The number of amidine groups is 1. The Morgan fingerprint density at radius 2 is 1.77 bits per heavy atom. The average molecular weight is 300 g/mol. The monoisotopic (exact) mass is 300 g/mol. The lowest BCUT2D eigenvalue weighted by Gasteiger charge is -2.24. The molecule has 0 aliphatic carbocycles. The minimum atomic E-state index is -0.0570. The van der Waals surface area contributed by atoms with Crippen molar-refractivity contribution in [3.05, 3.63) is 29.8 Å². The Labute approximate surface area is 133 Å². The van der Waals surface area contributed by atoms with Crippen LogP contribution >= 0.6 is 0 Å². The Morgan fingerprint density at radius 1 is 1.18 bits per heavy atom. The molecule has 0 atom stereocenters. The minimum Gasteiger partial charge on any atom is -0.497 e. The van der Waals surface area contributed by atoms with Crippen molar-refractivity contribution in [2.45, 2.75) is 46.7 Å². The van der Waals surface area contributed by atoms with Gasteiger partial charge in [-0.2, -0.15) is 0 Å². The van der Waals surface area contributed by atoms with E-state index in [1.165, 1.54) is 6.92 Å². The number of carbonyl (C=O) groups is 1. The molecule has 0 unspecified atom stereocenters. The molecule has 22 heavy (non-hydrogen) atoms. The first kappa shape index (κ1) is 17.8. The fourth-order valence-corrected chi connectivity index (χ4v) is 1.96. The Bertz CT molecular complexity index is 590. The molecule has 0 radical (unpaired) electrons. The Balaban J connectivity index is 3.14. The van der Waals surface area contributed by atoms with Gasteiger partial charge in [-0.3, -0.25) is 14.7 Å². The van der Waals surface area contributed by atoms with Gasteiger partial charge in [0, 0.05) is 24.6 Å². The molecule has 0 N–H and O–H groups in total. The molecule has 0 aliphatic heterocycles. The minimum absolute atomic E-state index is 0.0140. The van der Waals surface area contributed by atoms with Crippen LogP contribution in [0.5, 0.6) is 5.75 Å². The van der Waals surface area contributed by atoms with Gasteiger partial charge >= 0.3 is 0 Å². The van der Waals surface area contributed by atoms with Gasteiger partial charge in [0.15, 0.2) is 5.84 Å². The summed E-state index contributed by atoms with van der Waals surface area (Å²) in [5.74, 6) is 7.33. The van der Waals surface area contributed by atoms with E-state index in [4.69, 9.17) is 4.74 Å². The van der Waals surface area contributed by atoms with Crippen molar-refractivity contribution in [1.82, 2.24) is 4.90 Å². The zero-order valence-electron chi connectivity index (χ0n) is 14.2. The van der Waals surface area contributed by atoms with Crippen LogP contribution in [0.1, 0.15) is 40.2 Å². The quantitative estimate of drug-likeness (QED) is 0.489. The molecule has 1 aromatic carbocycles. The number of ether oxygens (including phenoxy) is 1. The molecule has 0 aromatic heterocycles. The van der Waals surface area contributed by atoms with Gasteiger partial charge in [0.1, 0.15) is 5.75 Å². The summed E-state index contributed by atoms with van der Waals surface area (Å²) >= 11 is 0. The first-order valence-electron chi connectivity index (χ1n) is 7.38. The standard InChI is InChI=1S/C18H24N2O2/c1-13(2)19-18(20(14(3)4)15(5)21)12-9-16-7-10-17(22-6)11-8-16/h7-8,10-11,13-14H,1-6H3. The highest BCUT2D eigenvalue weighted by Gasteiger charge is 2.18. The van der Waals surface area contributed by atoms with Crippen LogP contribution in [0.4, 0.5) is 0 Å². The maximum Gasteiger partial charge on any atom is 0.225 e. The Hall–Kier alpha value is -2.28. The van der Waals surface area contributed by atoms with E-state index in [-0.39, 0.29) is 18.0 Å². The van der Waals surface area contributed by atoms with Gasteiger partial charge in [-0.15, -0.1) is 0 Å². The van der Waals surface area contributed by atoms with E-state index >= 15 is 0 Å². The van der Waals surface area contributed by atoms with Crippen molar-refractivity contribution >= 4 is 11.7 Å². The second-order valence-electron chi connectivity index (χ2n) is 5.51. The zero-order chi connectivity index (χ0) is 16.7. The second-order valence-corrected chi connectivity index (χ2v) is 5.51. The Morgan fingerprint density at radius 3 is 2.18 bits per heavy atom. The van der Waals surface area contributed by atoms with E-state index in [1.54, 1.807) is 12.0 Å². The van der Waals surface area contributed by atoms with E-state index in [1.807, 2.05) is 52.0 Å². The number of methoxy groups -OCH3 is 1. The summed E-state index contributed by atoms with van der Waals surface area (Å²) < 4.78 is 5.12. The lowest BCUT2D eigenvalue weighted by atomic mass is 10.2. The molecule has 0 saturated carbocycles. The predicted molar refractivity (Wildman–Crippen MR) is 90.1 cm³/mol. The van der Waals surface area contributed by atoms with Crippen LogP contribution in [0.3, 0.4) is 0 Å². The van der Waals surface area contributed by atoms with Crippen LogP contribution in [0.2, 0.25) is 0 Å². The third kappa shape index (κ3) is 5.25. The topological polar surface area (TPSA) is 41.9 Å². The smallest absolute Gasteiger partial charge is 0.225 e. The molecule has 0 heterocycles. The molecule has 1 amide bonds. The number of amides is 1. The van der Waals surface area contributed by atoms with E-state index in [0.717, 1.165) is 11.3 Å². The fraction of sp³-hybridized carbons (Fsp3) is 0.444. The largest absolute Gasteiger partial charge is 0.497 e. The molecule has 4 nitrogen and oxygen atoms in total. The van der Waals surface area contributed by atoms with Gasteiger partial charge in [0.25, 0.3) is 0 Å². The molecule has 0 fully saturated rings. The summed E-state index contributed by atoms with van der Waals surface area (Å²) in [7, 11) is 1.63. The number of rotatable bonds is 3. The van der Waals surface area contributed by atoms with Crippen LogP contribution in [-0.4, -0.2) is 35.8 Å². The van der Waals surface area contributed by atoms with Crippen LogP contribution in [0.15, 0.2) is 29.3 Å². The van der Waals surface area contributed by atoms with Crippen molar-refractivity contribution in [2.24, 2.45) is 4.99 Å². The molecule has 0 spiro atoms. The van der Waals surface area contributed by atoms with Crippen LogP contribution in [-0.2, 0) is 4.79 Å². The van der Waals surface area contributed by atoms with Crippen molar-refractivity contribution < 1.29 is 9.53 Å². The van der Waals surface area contributed by atoms with Crippen LogP contribution in [0, 0.1) is 11.8 Å². The van der Waals surface area contributed by atoms with Crippen molar-refractivity contribution in [3.8, 4) is 17.6 Å². The molecule has 118 valence electrons. The maximum absolute atomic E-state index is 11.9. The lowest BCUT2D eigenvalue weighted by molar-refractivity contribution is -0.126. The van der Waals surface area contributed by atoms with Crippen LogP contribution < -0.4 is 4.74 Å². The molecular weight excluding hydrogens is 276 g/mol. The normalized spacial score (nSPS) is 11.2. The molecule has 0 aliphatic rings. The maximum atomic E-state index is 11.9. The number of hydrogen-bond donors (Lipinski definition) is 0. The summed E-state index contributed by atoms with van der Waals surface area (Å²) in [5, 5.41) is 0. The highest BCUT2D eigenvalue weighted by Crippen LogP contribution is 2.10. The van der Waals surface area contributed by atoms with Gasteiger partial charge in [-0.05, 0) is 57.9 Å². The van der Waals surface area contributed by atoms with Gasteiger partial charge in [0.2, 0.25) is 5.91 Å². The van der Waals surface area contributed by atoms with E-state index in [0.29, 0.717) is 5.84 Å². The zero-order valence-corrected chi connectivity index (χ0v) is 14.2. The number of carbonyl (C=O) groups excluding carboxylic acids is 1. The van der Waals surface area contributed by atoms with Gasteiger partial charge in [-0.1, -0.05) is 5.92 Å². The summed E-state index contributed by atoms with van der Waals surface area (Å²) in [6.07, 6.45) is 0. The van der Waals surface area contributed by atoms with E-state index in [2.05, 4.69) is 16.8 Å². The number of hydrogen-bond acceptors (Lipinski definition) is 3. The molecular formula is C18H24N2O2. The summed E-state index contributed by atoms with van der Waals surface area (Å²) in [4.78, 5) is 18.0. The van der Waals surface area contributed by atoms with Gasteiger partial charge in [-0.25, -0.2) is 0 Å². The molecule has 0 bridgehead atoms. The first-order chi connectivity index (χ1) is 10.3. The summed E-state index contributed by atoms with van der Waals surface area (Å²) in [6.45, 7) is 9.37. The first-order valence-corrected chi connectivity index (χ1v) is 7.38. The highest BCUT2D eigenvalue weighted by atomic mass is 16.5. The third-order valence-electron chi connectivity index (χ3n) is 2.87. The second kappa shape index (κ2) is 8.23. The molecule has 4 heteroatoms. The van der Waals surface area contributed by atoms with Crippen LogP contribution in [0.25, 0.3) is 0 Å². The Kier molecular flexibility index (Phi) is 6.65. The van der Waals surface area contributed by atoms with Gasteiger partial charge in [0.05, 0.1) is 7.11 Å². The highest BCUT2D eigenvalue weighted by molar-refractivity contribution is 6.08. The SMILES string of the molecule is COc1ccc(C#CC(=NC(C)C)N(C(C)=O)C(C)C)cc1. The van der Waals surface area contributed by atoms with Crippen molar-refractivity contribution in [2.75, 3.05) is 7.11 Å². The van der Waals surface area contributed by atoms with Crippen molar-refractivity contribution in [3.63, 3.8) is 0 Å².